The summed E-state index contributed by atoms with van der Waals surface area (Å²) in [6, 6.07) is 7.07. The Labute approximate surface area is 93.5 Å². The normalized spacial score (nSPS) is 10.5. The van der Waals surface area contributed by atoms with Crippen molar-refractivity contribution in [3.63, 3.8) is 0 Å². The highest BCUT2D eigenvalue weighted by atomic mass is 16.1. The minimum Gasteiger partial charge on any atom is -0.289 e. The molecule has 0 atom stereocenters. The van der Waals surface area contributed by atoms with Crippen molar-refractivity contribution < 1.29 is 4.79 Å². The first kappa shape index (κ1) is 10.2. The molecule has 2 heterocycles. The van der Waals surface area contributed by atoms with Crippen LogP contribution in [-0.4, -0.2) is 15.8 Å². The van der Waals surface area contributed by atoms with Crippen LogP contribution in [0.4, 0.5) is 0 Å². The van der Waals surface area contributed by atoms with E-state index in [-0.39, 0.29) is 5.78 Å². The number of pyridine rings is 2. The Hall–Kier alpha value is -2.29. The predicted octanol–water partition coefficient (Wildman–Crippen LogP) is 2.37. The van der Waals surface area contributed by atoms with Crippen molar-refractivity contribution in [3.8, 4) is 0 Å². The zero-order valence-electron chi connectivity index (χ0n) is 8.58. The van der Waals surface area contributed by atoms with Gasteiger partial charge in [-0.3, -0.25) is 14.8 Å². The summed E-state index contributed by atoms with van der Waals surface area (Å²) in [5, 5.41) is 0. The van der Waals surface area contributed by atoms with Gasteiger partial charge in [-0.1, -0.05) is 6.08 Å². The van der Waals surface area contributed by atoms with Crippen LogP contribution in [0, 0.1) is 0 Å². The summed E-state index contributed by atoms with van der Waals surface area (Å²) in [5.41, 5.74) is 1.60. The molecule has 0 N–H and O–H groups in total. The minimum absolute atomic E-state index is 0.0285. The zero-order chi connectivity index (χ0) is 11.2. The standard InChI is InChI=1S/C13H10N2O/c16-13(12-5-9-15-10-6-12)2-1-11-3-7-14-8-4-11/h1-10H. The summed E-state index contributed by atoms with van der Waals surface area (Å²) in [4.78, 5) is 19.5. The van der Waals surface area contributed by atoms with Crippen LogP contribution in [0.3, 0.4) is 0 Å². The van der Waals surface area contributed by atoms with Gasteiger partial charge in [0.2, 0.25) is 0 Å². The highest BCUT2D eigenvalue weighted by Crippen LogP contribution is 2.03. The monoisotopic (exact) mass is 210 g/mol. The first-order chi connectivity index (χ1) is 7.86. The average molecular weight is 210 g/mol. The molecule has 78 valence electrons. The van der Waals surface area contributed by atoms with Crippen LogP contribution in [0.5, 0.6) is 0 Å². The molecule has 0 aliphatic rings. The van der Waals surface area contributed by atoms with E-state index >= 15 is 0 Å². The fraction of sp³-hybridized carbons (Fsp3) is 0. The summed E-state index contributed by atoms with van der Waals surface area (Å²) in [6.45, 7) is 0. The number of hydrogen-bond donors (Lipinski definition) is 0. The molecule has 0 saturated heterocycles. The molecule has 16 heavy (non-hydrogen) atoms. The van der Waals surface area contributed by atoms with Gasteiger partial charge in [0.05, 0.1) is 0 Å². The molecule has 2 aromatic heterocycles. The molecule has 0 radical (unpaired) electrons. The predicted molar refractivity (Wildman–Crippen MR) is 61.8 cm³/mol. The molecule has 2 aromatic rings. The number of carbonyl (C=O) groups is 1. The van der Waals surface area contributed by atoms with Gasteiger partial charge in [-0.2, -0.15) is 0 Å². The highest BCUT2D eigenvalue weighted by molar-refractivity contribution is 6.06. The molecule has 0 aliphatic heterocycles. The van der Waals surface area contributed by atoms with E-state index in [4.69, 9.17) is 0 Å². The van der Waals surface area contributed by atoms with Gasteiger partial charge in [0.1, 0.15) is 0 Å². The van der Waals surface area contributed by atoms with E-state index in [1.54, 1.807) is 49.1 Å². The summed E-state index contributed by atoms with van der Waals surface area (Å²) >= 11 is 0. The van der Waals surface area contributed by atoms with Gasteiger partial charge in [-0.05, 0) is 35.9 Å². The number of allylic oxidation sites excluding steroid dienone is 1. The molecular formula is C13H10N2O. The third-order valence-corrected chi connectivity index (χ3v) is 2.10. The molecule has 0 amide bonds. The van der Waals surface area contributed by atoms with Crippen LogP contribution in [-0.2, 0) is 0 Å². The second-order valence-corrected chi connectivity index (χ2v) is 3.21. The lowest BCUT2D eigenvalue weighted by molar-refractivity contribution is 0.104. The molecular weight excluding hydrogens is 200 g/mol. The largest absolute Gasteiger partial charge is 0.289 e. The van der Waals surface area contributed by atoms with Crippen LogP contribution < -0.4 is 0 Å². The fourth-order valence-corrected chi connectivity index (χ4v) is 1.26. The lowest BCUT2D eigenvalue weighted by Gasteiger charge is -1.94. The Bertz CT molecular complexity index is 492. The lowest BCUT2D eigenvalue weighted by Crippen LogP contribution is -1.93. The van der Waals surface area contributed by atoms with Gasteiger partial charge in [0, 0.05) is 30.4 Å². The fourth-order valence-electron chi connectivity index (χ4n) is 1.26. The van der Waals surface area contributed by atoms with Gasteiger partial charge >= 0.3 is 0 Å². The number of aromatic nitrogens is 2. The van der Waals surface area contributed by atoms with Crippen molar-refractivity contribution in [3.05, 3.63) is 66.3 Å². The first-order valence-electron chi connectivity index (χ1n) is 4.89. The molecule has 3 nitrogen and oxygen atoms in total. The Morgan fingerprint density at radius 1 is 0.938 bits per heavy atom. The Morgan fingerprint density at radius 3 is 2.12 bits per heavy atom. The average Bonchev–Trinajstić information content (AvgIpc) is 2.38. The first-order valence-corrected chi connectivity index (χ1v) is 4.89. The van der Waals surface area contributed by atoms with E-state index in [0.29, 0.717) is 5.56 Å². The van der Waals surface area contributed by atoms with E-state index in [9.17, 15) is 4.79 Å². The van der Waals surface area contributed by atoms with E-state index in [1.807, 2.05) is 12.1 Å². The van der Waals surface area contributed by atoms with Crippen LogP contribution in [0.2, 0.25) is 0 Å². The summed E-state index contributed by atoms with van der Waals surface area (Å²) in [7, 11) is 0. The second-order valence-electron chi connectivity index (χ2n) is 3.21. The number of ketones is 1. The van der Waals surface area contributed by atoms with E-state index in [2.05, 4.69) is 9.97 Å². The van der Waals surface area contributed by atoms with Crippen LogP contribution in [0.1, 0.15) is 15.9 Å². The maximum Gasteiger partial charge on any atom is 0.185 e. The zero-order valence-corrected chi connectivity index (χ0v) is 8.58. The molecule has 0 saturated carbocycles. The topological polar surface area (TPSA) is 42.9 Å². The van der Waals surface area contributed by atoms with Crippen molar-refractivity contribution in [2.75, 3.05) is 0 Å². The third kappa shape index (κ3) is 2.60. The van der Waals surface area contributed by atoms with Crippen molar-refractivity contribution >= 4 is 11.9 Å². The number of carbonyl (C=O) groups excluding carboxylic acids is 1. The maximum atomic E-state index is 11.7. The quantitative estimate of drug-likeness (QED) is 0.577. The van der Waals surface area contributed by atoms with Gasteiger partial charge in [0.15, 0.2) is 5.78 Å². The Balaban J connectivity index is 2.12. The van der Waals surface area contributed by atoms with Crippen molar-refractivity contribution in [1.82, 2.24) is 9.97 Å². The van der Waals surface area contributed by atoms with Crippen LogP contribution in [0.25, 0.3) is 6.08 Å². The molecule has 0 spiro atoms. The van der Waals surface area contributed by atoms with Gasteiger partial charge in [0.25, 0.3) is 0 Å². The van der Waals surface area contributed by atoms with Crippen molar-refractivity contribution in [2.45, 2.75) is 0 Å². The smallest absolute Gasteiger partial charge is 0.185 e. The maximum absolute atomic E-state index is 11.7. The van der Waals surface area contributed by atoms with E-state index < -0.39 is 0 Å². The number of nitrogens with zero attached hydrogens (tertiary/aromatic N) is 2. The van der Waals surface area contributed by atoms with Crippen LogP contribution in [0.15, 0.2) is 55.1 Å². The molecule has 0 fully saturated rings. The van der Waals surface area contributed by atoms with Gasteiger partial charge in [-0.15, -0.1) is 0 Å². The van der Waals surface area contributed by atoms with Gasteiger partial charge < -0.3 is 0 Å². The summed E-state index contributed by atoms with van der Waals surface area (Å²) < 4.78 is 0. The number of rotatable bonds is 3. The van der Waals surface area contributed by atoms with E-state index in [0.717, 1.165) is 5.56 Å². The Kier molecular flexibility index (Phi) is 3.18. The van der Waals surface area contributed by atoms with E-state index in [1.165, 1.54) is 0 Å². The Morgan fingerprint density at radius 2 is 1.50 bits per heavy atom. The lowest BCUT2D eigenvalue weighted by atomic mass is 10.1. The van der Waals surface area contributed by atoms with Crippen LogP contribution >= 0.6 is 0 Å². The molecule has 0 aromatic carbocycles. The second kappa shape index (κ2) is 4.98. The van der Waals surface area contributed by atoms with Crippen molar-refractivity contribution in [1.29, 1.82) is 0 Å². The summed E-state index contributed by atoms with van der Waals surface area (Å²) in [5.74, 6) is -0.0285. The highest BCUT2D eigenvalue weighted by Gasteiger charge is 1.99. The molecule has 3 heteroatoms. The number of hydrogen-bond acceptors (Lipinski definition) is 3. The molecule has 2 rings (SSSR count). The molecule has 0 aliphatic carbocycles. The van der Waals surface area contributed by atoms with Crippen molar-refractivity contribution in [2.24, 2.45) is 0 Å². The molecule has 0 bridgehead atoms. The SMILES string of the molecule is O=C(C=Cc1ccncc1)c1ccncc1. The third-order valence-electron chi connectivity index (χ3n) is 2.10. The minimum atomic E-state index is -0.0285. The van der Waals surface area contributed by atoms with Gasteiger partial charge in [-0.25, -0.2) is 0 Å². The molecule has 0 unspecified atom stereocenters. The summed E-state index contributed by atoms with van der Waals surface area (Å²) in [6.07, 6.45) is 9.91.